The van der Waals surface area contributed by atoms with Crippen molar-refractivity contribution < 1.29 is 13.2 Å². The molecule has 1 amide bonds. The van der Waals surface area contributed by atoms with E-state index in [1.165, 1.54) is 33.8 Å². The molecule has 1 N–H and O–H groups in total. The Bertz CT molecular complexity index is 927. The van der Waals surface area contributed by atoms with Gasteiger partial charge in [-0.2, -0.15) is 4.31 Å². The van der Waals surface area contributed by atoms with Gasteiger partial charge in [-0.25, -0.2) is 13.4 Å². The third-order valence-corrected chi connectivity index (χ3v) is 7.49. The second kappa shape index (κ2) is 7.64. The first-order valence-corrected chi connectivity index (χ1v) is 11.0. The second-order valence-electron chi connectivity index (χ2n) is 6.50. The van der Waals surface area contributed by atoms with E-state index in [0.717, 1.165) is 18.5 Å². The van der Waals surface area contributed by atoms with Crippen LogP contribution in [0.15, 0.2) is 28.5 Å². The van der Waals surface area contributed by atoms with Crippen LogP contribution in [-0.2, 0) is 10.0 Å². The predicted molar refractivity (Wildman–Crippen MR) is 103 cm³/mol. The number of thiazole rings is 1. The molecule has 1 fully saturated rings. The lowest BCUT2D eigenvalue weighted by Crippen LogP contribution is -2.39. The average molecular weight is 414 g/mol. The summed E-state index contributed by atoms with van der Waals surface area (Å²) in [6, 6.07) is 4.30. The number of piperidine rings is 1. The monoisotopic (exact) mass is 413 g/mol. The summed E-state index contributed by atoms with van der Waals surface area (Å²) in [6.07, 6.45) is 1.83. The molecule has 9 heteroatoms. The van der Waals surface area contributed by atoms with Crippen molar-refractivity contribution in [1.29, 1.82) is 0 Å². The molecular formula is C17H20ClN3O3S2. The third-order valence-electron chi connectivity index (χ3n) is 4.27. The number of anilines is 1. The molecule has 3 rings (SSSR count). The summed E-state index contributed by atoms with van der Waals surface area (Å²) in [5.41, 5.74) is 1.04. The number of carbonyl (C=O) groups is 1. The van der Waals surface area contributed by atoms with Crippen molar-refractivity contribution in [2.75, 3.05) is 18.4 Å². The molecule has 1 atom stereocenters. The van der Waals surface area contributed by atoms with E-state index < -0.39 is 15.9 Å². The van der Waals surface area contributed by atoms with E-state index in [2.05, 4.69) is 10.3 Å². The summed E-state index contributed by atoms with van der Waals surface area (Å²) in [7, 11) is -3.74. The first-order valence-electron chi connectivity index (χ1n) is 8.30. The largest absolute Gasteiger partial charge is 0.298 e. The Balaban J connectivity index is 1.88. The van der Waals surface area contributed by atoms with Crippen LogP contribution in [0.4, 0.5) is 5.13 Å². The number of carbonyl (C=O) groups excluding carboxylic acids is 1. The summed E-state index contributed by atoms with van der Waals surface area (Å²) in [4.78, 5) is 16.6. The van der Waals surface area contributed by atoms with Gasteiger partial charge in [0.25, 0.3) is 5.91 Å². The standard InChI is InChI=1S/C17H20ClN3O3S2/c1-11-4-3-7-21(9-11)26(23,24)15-8-13(5-6-14(15)18)16(22)20-17-19-12(2)10-25-17/h5-6,8,10-11H,3-4,7,9H2,1-2H3,(H,19,20,22)/t11-/m1/s1. The molecule has 1 saturated heterocycles. The summed E-state index contributed by atoms with van der Waals surface area (Å²) < 4.78 is 27.4. The number of aromatic nitrogens is 1. The van der Waals surface area contributed by atoms with Gasteiger partial charge in [0.05, 0.1) is 10.7 Å². The summed E-state index contributed by atoms with van der Waals surface area (Å²) in [6.45, 7) is 4.80. The zero-order valence-electron chi connectivity index (χ0n) is 14.5. The van der Waals surface area contributed by atoms with Gasteiger partial charge < -0.3 is 0 Å². The van der Waals surface area contributed by atoms with Crippen molar-refractivity contribution in [2.45, 2.75) is 31.6 Å². The molecule has 1 aliphatic heterocycles. The molecule has 6 nitrogen and oxygen atoms in total. The molecule has 0 radical (unpaired) electrons. The number of halogens is 1. The van der Waals surface area contributed by atoms with Crippen LogP contribution in [0.3, 0.4) is 0 Å². The van der Waals surface area contributed by atoms with Crippen LogP contribution in [0.25, 0.3) is 0 Å². The second-order valence-corrected chi connectivity index (χ2v) is 9.68. The first-order chi connectivity index (χ1) is 12.3. The van der Waals surface area contributed by atoms with Crippen LogP contribution in [0.2, 0.25) is 5.02 Å². The Morgan fingerprint density at radius 1 is 1.42 bits per heavy atom. The minimum absolute atomic E-state index is 0.0313. The fraction of sp³-hybridized carbons (Fsp3) is 0.412. The fourth-order valence-electron chi connectivity index (χ4n) is 2.93. The highest BCUT2D eigenvalue weighted by atomic mass is 35.5. The summed E-state index contributed by atoms with van der Waals surface area (Å²) in [5, 5.41) is 5.09. The Kier molecular flexibility index (Phi) is 5.67. The first kappa shape index (κ1) is 19.3. The van der Waals surface area contributed by atoms with Crippen molar-refractivity contribution in [1.82, 2.24) is 9.29 Å². The highest BCUT2D eigenvalue weighted by Gasteiger charge is 2.31. The topological polar surface area (TPSA) is 79.4 Å². The summed E-state index contributed by atoms with van der Waals surface area (Å²) >= 11 is 7.47. The Labute approximate surface area is 162 Å². The number of hydrogen-bond acceptors (Lipinski definition) is 5. The number of nitrogens with one attached hydrogen (secondary N) is 1. The Hall–Kier alpha value is -1.48. The molecule has 2 heterocycles. The van der Waals surface area contributed by atoms with Gasteiger partial charge in [0.2, 0.25) is 10.0 Å². The SMILES string of the molecule is Cc1csc(NC(=O)c2ccc(Cl)c(S(=O)(=O)N3CCC[C@@H](C)C3)c2)n1. The zero-order chi connectivity index (χ0) is 18.9. The van der Waals surface area contributed by atoms with E-state index >= 15 is 0 Å². The highest BCUT2D eigenvalue weighted by Crippen LogP contribution is 2.29. The molecule has 1 aromatic carbocycles. The predicted octanol–water partition coefficient (Wildman–Crippen LogP) is 3.78. The highest BCUT2D eigenvalue weighted by molar-refractivity contribution is 7.89. The zero-order valence-corrected chi connectivity index (χ0v) is 16.9. The van der Waals surface area contributed by atoms with E-state index in [4.69, 9.17) is 11.6 Å². The van der Waals surface area contributed by atoms with Gasteiger partial charge in [-0.05, 0) is 43.9 Å². The van der Waals surface area contributed by atoms with E-state index in [0.29, 0.717) is 24.1 Å². The quantitative estimate of drug-likeness (QED) is 0.827. The third kappa shape index (κ3) is 4.09. The van der Waals surface area contributed by atoms with Gasteiger partial charge in [0.1, 0.15) is 4.90 Å². The van der Waals surface area contributed by atoms with Gasteiger partial charge >= 0.3 is 0 Å². The smallest absolute Gasteiger partial charge is 0.257 e. The molecule has 0 saturated carbocycles. The average Bonchev–Trinajstić information content (AvgIpc) is 3.00. The van der Waals surface area contributed by atoms with E-state index in [-0.39, 0.29) is 15.5 Å². The minimum Gasteiger partial charge on any atom is -0.298 e. The van der Waals surface area contributed by atoms with Crippen LogP contribution >= 0.6 is 22.9 Å². The van der Waals surface area contributed by atoms with Crippen LogP contribution in [0.5, 0.6) is 0 Å². The molecule has 26 heavy (non-hydrogen) atoms. The lowest BCUT2D eigenvalue weighted by atomic mass is 10.0. The van der Waals surface area contributed by atoms with Crippen molar-refractivity contribution >= 4 is 44.0 Å². The molecule has 1 aliphatic rings. The summed E-state index contributed by atoms with van der Waals surface area (Å²) in [5.74, 6) is -0.114. The maximum atomic E-state index is 13.0. The lowest BCUT2D eigenvalue weighted by molar-refractivity contribution is 0.102. The van der Waals surface area contributed by atoms with Crippen molar-refractivity contribution in [2.24, 2.45) is 5.92 Å². The molecule has 1 aromatic heterocycles. The molecule has 0 aliphatic carbocycles. The number of rotatable bonds is 4. The number of sulfonamides is 1. The molecule has 2 aromatic rings. The van der Waals surface area contributed by atoms with Gasteiger partial charge in [-0.3, -0.25) is 10.1 Å². The molecule has 0 unspecified atom stereocenters. The van der Waals surface area contributed by atoms with E-state index in [1.54, 1.807) is 0 Å². The van der Waals surface area contributed by atoms with Crippen molar-refractivity contribution in [3.05, 3.63) is 39.9 Å². The van der Waals surface area contributed by atoms with Crippen molar-refractivity contribution in [3.63, 3.8) is 0 Å². The van der Waals surface area contributed by atoms with Crippen LogP contribution < -0.4 is 5.32 Å². The Morgan fingerprint density at radius 3 is 2.85 bits per heavy atom. The van der Waals surface area contributed by atoms with Gasteiger partial charge in [0, 0.05) is 24.0 Å². The number of nitrogens with zero attached hydrogens (tertiary/aromatic N) is 2. The molecule has 0 bridgehead atoms. The van der Waals surface area contributed by atoms with Gasteiger partial charge in [0.15, 0.2) is 5.13 Å². The van der Waals surface area contributed by atoms with Crippen LogP contribution in [0, 0.1) is 12.8 Å². The number of amides is 1. The Morgan fingerprint density at radius 2 is 2.19 bits per heavy atom. The fourth-order valence-corrected chi connectivity index (χ4v) is 5.71. The van der Waals surface area contributed by atoms with E-state index in [1.807, 2.05) is 19.2 Å². The normalized spacial score (nSPS) is 18.7. The number of hydrogen-bond donors (Lipinski definition) is 1. The molecule has 140 valence electrons. The molecule has 0 spiro atoms. The van der Waals surface area contributed by atoms with Crippen LogP contribution in [-0.4, -0.2) is 36.7 Å². The van der Waals surface area contributed by atoms with Gasteiger partial charge in [-0.15, -0.1) is 11.3 Å². The maximum absolute atomic E-state index is 13.0. The molecular weight excluding hydrogens is 394 g/mol. The lowest BCUT2D eigenvalue weighted by Gasteiger charge is -2.30. The minimum atomic E-state index is -3.74. The number of benzene rings is 1. The number of aryl methyl sites for hydroxylation is 1. The maximum Gasteiger partial charge on any atom is 0.257 e. The van der Waals surface area contributed by atoms with Crippen molar-refractivity contribution in [3.8, 4) is 0 Å². The van der Waals surface area contributed by atoms with Gasteiger partial charge in [-0.1, -0.05) is 18.5 Å². The van der Waals surface area contributed by atoms with E-state index in [9.17, 15) is 13.2 Å². The van der Waals surface area contributed by atoms with Crippen LogP contribution in [0.1, 0.15) is 35.8 Å².